The molecule has 2 aromatic rings. The van der Waals surface area contributed by atoms with E-state index in [2.05, 4.69) is 10.1 Å². The molecule has 3 rings (SSSR count). The Morgan fingerprint density at radius 2 is 2.20 bits per heavy atom. The summed E-state index contributed by atoms with van der Waals surface area (Å²) in [5.74, 6) is 2.40. The third kappa shape index (κ3) is 2.94. The number of aromatic nitrogens is 2. The molecule has 0 aliphatic heterocycles. The van der Waals surface area contributed by atoms with E-state index in [-0.39, 0.29) is 18.4 Å². The first-order valence-electron chi connectivity index (χ1n) is 6.50. The Labute approximate surface area is 123 Å². The van der Waals surface area contributed by atoms with E-state index in [4.69, 9.17) is 15.0 Å². The highest BCUT2D eigenvalue weighted by Crippen LogP contribution is 2.33. The summed E-state index contributed by atoms with van der Waals surface area (Å²) < 4.78 is 10.6. The Kier molecular flexibility index (Phi) is 4.62. The minimum absolute atomic E-state index is 0. The lowest BCUT2D eigenvalue weighted by Gasteiger charge is -2.02. The van der Waals surface area contributed by atoms with Gasteiger partial charge < -0.3 is 15.0 Å². The van der Waals surface area contributed by atoms with Crippen LogP contribution in [0.1, 0.15) is 31.1 Å². The number of nitrogens with zero attached hydrogens (tertiary/aromatic N) is 2. The van der Waals surface area contributed by atoms with E-state index < -0.39 is 0 Å². The van der Waals surface area contributed by atoms with E-state index in [9.17, 15) is 0 Å². The average Bonchev–Trinajstić information content (AvgIpc) is 3.07. The predicted molar refractivity (Wildman–Crippen MR) is 78.1 cm³/mol. The van der Waals surface area contributed by atoms with Gasteiger partial charge in [0.2, 0.25) is 11.7 Å². The monoisotopic (exact) mass is 295 g/mol. The van der Waals surface area contributed by atoms with Crippen LogP contribution in [0.4, 0.5) is 0 Å². The molecule has 0 amide bonds. The molecule has 6 heteroatoms. The number of benzene rings is 1. The Hall–Kier alpha value is -1.59. The van der Waals surface area contributed by atoms with Crippen molar-refractivity contribution in [2.24, 2.45) is 5.73 Å². The van der Waals surface area contributed by atoms with Crippen molar-refractivity contribution < 1.29 is 9.26 Å². The first-order chi connectivity index (χ1) is 9.26. The highest BCUT2D eigenvalue weighted by molar-refractivity contribution is 5.85. The van der Waals surface area contributed by atoms with E-state index in [1.807, 2.05) is 24.3 Å². The first-order valence-corrected chi connectivity index (χ1v) is 6.50. The summed E-state index contributed by atoms with van der Waals surface area (Å²) in [6.07, 6.45) is 2.99. The summed E-state index contributed by atoms with van der Waals surface area (Å²) in [6.45, 7) is 0. The maximum atomic E-state index is 5.91. The molecule has 20 heavy (non-hydrogen) atoms. The molecule has 0 bridgehead atoms. The molecule has 1 aliphatic rings. The summed E-state index contributed by atoms with van der Waals surface area (Å²) in [4.78, 5) is 4.48. The van der Waals surface area contributed by atoms with Crippen molar-refractivity contribution in [3.63, 3.8) is 0 Å². The molecule has 1 saturated carbocycles. The number of rotatable bonds is 3. The van der Waals surface area contributed by atoms with Gasteiger partial charge >= 0.3 is 0 Å². The fourth-order valence-corrected chi connectivity index (χ4v) is 2.52. The van der Waals surface area contributed by atoms with Crippen molar-refractivity contribution >= 4 is 12.4 Å². The molecule has 1 aromatic heterocycles. The molecule has 2 unspecified atom stereocenters. The predicted octanol–water partition coefficient (Wildman–Crippen LogP) is 2.76. The summed E-state index contributed by atoms with van der Waals surface area (Å²) in [7, 11) is 1.64. The van der Waals surface area contributed by atoms with Crippen molar-refractivity contribution in [3.05, 3.63) is 30.2 Å². The van der Waals surface area contributed by atoms with Crippen molar-refractivity contribution in [2.75, 3.05) is 7.11 Å². The van der Waals surface area contributed by atoms with Crippen LogP contribution in [0.25, 0.3) is 11.4 Å². The number of nitrogens with two attached hydrogens (primary N) is 1. The number of hydrogen-bond acceptors (Lipinski definition) is 5. The maximum Gasteiger partial charge on any atom is 0.230 e. The Balaban J connectivity index is 0.00000147. The quantitative estimate of drug-likeness (QED) is 0.942. The molecule has 5 nitrogen and oxygen atoms in total. The first kappa shape index (κ1) is 14.8. The molecule has 1 aliphatic carbocycles. The van der Waals surface area contributed by atoms with Crippen LogP contribution in [0, 0.1) is 0 Å². The second kappa shape index (κ2) is 6.24. The van der Waals surface area contributed by atoms with Crippen LogP contribution < -0.4 is 10.5 Å². The number of ether oxygens (including phenoxy) is 1. The summed E-state index contributed by atoms with van der Waals surface area (Å²) in [5.41, 5.74) is 6.81. The van der Waals surface area contributed by atoms with Gasteiger partial charge in [-0.05, 0) is 31.4 Å². The van der Waals surface area contributed by atoms with E-state index in [0.717, 1.165) is 30.6 Å². The zero-order chi connectivity index (χ0) is 13.2. The Bertz CT molecular complexity index is 573. The van der Waals surface area contributed by atoms with Crippen LogP contribution in [-0.4, -0.2) is 23.3 Å². The zero-order valence-electron chi connectivity index (χ0n) is 11.3. The fourth-order valence-electron chi connectivity index (χ4n) is 2.52. The fraction of sp³-hybridized carbons (Fsp3) is 0.429. The second-order valence-corrected chi connectivity index (χ2v) is 4.96. The van der Waals surface area contributed by atoms with Gasteiger partial charge in [-0.25, -0.2) is 0 Å². The molecular weight excluding hydrogens is 278 g/mol. The van der Waals surface area contributed by atoms with Crippen LogP contribution in [0.15, 0.2) is 28.8 Å². The standard InChI is InChI=1S/C14H17N3O2.ClH/c1-18-12-4-2-3-9(8-12)13-16-14(19-17-13)10-5-6-11(15)7-10;/h2-4,8,10-11H,5-7,15H2,1H3;1H. The van der Waals surface area contributed by atoms with E-state index in [1.54, 1.807) is 7.11 Å². The van der Waals surface area contributed by atoms with Gasteiger partial charge in [0.05, 0.1) is 7.11 Å². The Morgan fingerprint density at radius 1 is 1.35 bits per heavy atom. The molecule has 1 fully saturated rings. The summed E-state index contributed by atoms with van der Waals surface area (Å²) in [5, 5.41) is 4.05. The molecule has 2 atom stereocenters. The van der Waals surface area contributed by atoms with Crippen LogP contribution in [0.5, 0.6) is 5.75 Å². The summed E-state index contributed by atoms with van der Waals surface area (Å²) in [6, 6.07) is 7.90. The van der Waals surface area contributed by atoms with Crippen molar-refractivity contribution in [3.8, 4) is 17.1 Å². The number of methoxy groups -OCH3 is 1. The molecule has 0 spiro atoms. The topological polar surface area (TPSA) is 74.2 Å². The van der Waals surface area contributed by atoms with Crippen molar-refractivity contribution in [1.82, 2.24) is 10.1 Å². The number of halogens is 1. The zero-order valence-corrected chi connectivity index (χ0v) is 12.1. The van der Waals surface area contributed by atoms with Gasteiger partial charge in [-0.15, -0.1) is 12.4 Å². The van der Waals surface area contributed by atoms with Gasteiger partial charge in [-0.2, -0.15) is 4.98 Å². The second-order valence-electron chi connectivity index (χ2n) is 4.96. The molecule has 1 aromatic carbocycles. The van der Waals surface area contributed by atoms with E-state index in [1.165, 1.54) is 0 Å². The van der Waals surface area contributed by atoms with Gasteiger partial charge in [0.1, 0.15) is 5.75 Å². The highest BCUT2D eigenvalue weighted by Gasteiger charge is 2.27. The molecule has 0 saturated heterocycles. The van der Waals surface area contributed by atoms with Gasteiger partial charge in [-0.3, -0.25) is 0 Å². The van der Waals surface area contributed by atoms with Gasteiger partial charge in [-0.1, -0.05) is 17.3 Å². The van der Waals surface area contributed by atoms with Crippen LogP contribution >= 0.6 is 12.4 Å². The molecule has 2 N–H and O–H groups in total. The normalized spacial score (nSPS) is 21.5. The third-order valence-electron chi connectivity index (χ3n) is 3.59. The maximum absolute atomic E-state index is 5.91. The highest BCUT2D eigenvalue weighted by atomic mass is 35.5. The largest absolute Gasteiger partial charge is 0.497 e. The van der Waals surface area contributed by atoms with Crippen molar-refractivity contribution in [2.45, 2.75) is 31.2 Å². The van der Waals surface area contributed by atoms with Gasteiger partial charge in [0.25, 0.3) is 0 Å². The third-order valence-corrected chi connectivity index (χ3v) is 3.59. The molecular formula is C14H18ClN3O2. The minimum atomic E-state index is 0. The average molecular weight is 296 g/mol. The lowest BCUT2D eigenvalue weighted by Crippen LogP contribution is -2.14. The van der Waals surface area contributed by atoms with Gasteiger partial charge in [0, 0.05) is 17.5 Å². The van der Waals surface area contributed by atoms with E-state index >= 15 is 0 Å². The minimum Gasteiger partial charge on any atom is -0.497 e. The number of hydrogen-bond donors (Lipinski definition) is 1. The summed E-state index contributed by atoms with van der Waals surface area (Å²) >= 11 is 0. The lowest BCUT2D eigenvalue weighted by molar-refractivity contribution is 0.353. The lowest BCUT2D eigenvalue weighted by atomic mass is 10.1. The smallest absolute Gasteiger partial charge is 0.230 e. The van der Waals surface area contributed by atoms with E-state index in [0.29, 0.717) is 17.6 Å². The SMILES string of the molecule is COc1cccc(-c2noc(C3CCC(N)C3)n2)c1.Cl. The van der Waals surface area contributed by atoms with Crippen molar-refractivity contribution in [1.29, 1.82) is 0 Å². The molecule has 1 heterocycles. The van der Waals surface area contributed by atoms with Crippen LogP contribution in [-0.2, 0) is 0 Å². The molecule has 108 valence electrons. The van der Waals surface area contributed by atoms with Crippen LogP contribution in [0.2, 0.25) is 0 Å². The van der Waals surface area contributed by atoms with Gasteiger partial charge in [0.15, 0.2) is 0 Å². The van der Waals surface area contributed by atoms with Crippen LogP contribution in [0.3, 0.4) is 0 Å². The molecule has 0 radical (unpaired) electrons. The Morgan fingerprint density at radius 3 is 2.90 bits per heavy atom.